The molecule has 24 heavy (non-hydrogen) atoms. The van der Waals surface area contributed by atoms with Gasteiger partial charge in [-0.05, 0) is 50.5 Å². The Bertz CT molecular complexity index is 609. The van der Waals surface area contributed by atoms with Crippen molar-refractivity contribution in [1.29, 1.82) is 0 Å². The molecule has 4 heterocycles. The summed E-state index contributed by atoms with van der Waals surface area (Å²) in [6.45, 7) is 11.4. The van der Waals surface area contributed by atoms with E-state index in [4.69, 9.17) is 4.74 Å². The van der Waals surface area contributed by atoms with Crippen LogP contribution in [0, 0.1) is 0 Å². The maximum Gasteiger partial charge on any atom is 0.139 e. The van der Waals surface area contributed by atoms with Crippen molar-refractivity contribution in [3.63, 3.8) is 0 Å². The van der Waals surface area contributed by atoms with Gasteiger partial charge in [0, 0.05) is 12.0 Å². The minimum atomic E-state index is 0.245. The first kappa shape index (κ1) is 15.1. The average Bonchev–Trinajstić information content (AvgIpc) is 2.52. The molecule has 5 nitrogen and oxygen atoms in total. The maximum absolute atomic E-state index is 5.94. The molecule has 4 bridgehead atoms. The van der Waals surface area contributed by atoms with Crippen molar-refractivity contribution < 1.29 is 9.22 Å². The maximum atomic E-state index is 5.94. The molecule has 5 heteroatoms. The number of hydrogen-bond acceptors (Lipinski definition) is 4. The number of hydrogen-bond donors (Lipinski definition) is 0. The van der Waals surface area contributed by atoms with Gasteiger partial charge in [0.15, 0.2) is 0 Å². The molecule has 1 aromatic carbocycles. The van der Waals surface area contributed by atoms with Gasteiger partial charge in [-0.2, -0.15) is 0 Å². The number of aryl methyl sites for hydroxylation is 1. The van der Waals surface area contributed by atoms with Crippen LogP contribution in [-0.2, 0) is 6.42 Å². The van der Waals surface area contributed by atoms with E-state index in [1.165, 1.54) is 49.3 Å². The fourth-order valence-electron chi connectivity index (χ4n) is 5.56. The standard InChI is InChI=1S/C19H29N4O/c1-15(2)24-17-6-7-18-16(8-17)4-3-5-19(18)23-12-20-9-21(13-23)11-22(10-20)14-23/h6-8,15,19H,3-5,9-14H2,1-2H3/q+1. The number of benzene rings is 1. The molecule has 1 unspecified atom stereocenters. The average molecular weight is 329 g/mol. The summed E-state index contributed by atoms with van der Waals surface area (Å²) in [7, 11) is 0. The molecule has 0 N–H and O–H groups in total. The Hall–Kier alpha value is -1.14. The predicted molar refractivity (Wildman–Crippen MR) is 92.9 cm³/mol. The topological polar surface area (TPSA) is 19.0 Å². The highest BCUT2D eigenvalue weighted by Crippen LogP contribution is 2.44. The number of rotatable bonds is 3. The van der Waals surface area contributed by atoms with Crippen LogP contribution in [0.1, 0.15) is 43.9 Å². The Balaban J connectivity index is 1.48. The molecule has 0 saturated carbocycles. The number of quaternary nitrogens is 1. The van der Waals surface area contributed by atoms with Crippen LogP contribution in [0.5, 0.6) is 5.75 Å². The van der Waals surface area contributed by atoms with Gasteiger partial charge in [-0.1, -0.05) is 0 Å². The van der Waals surface area contributed by atoms with E-state index >= 15 is 0 Å². The third-order valence-electron chi connectivity index (χ3n) is 6.08. The van der Waals surface area contributed by atoms with E-state index in [-0.39, 0.29) is 6.10 Å². The van der Waals surface area contributed by atoms with Gasteiger partial charge >= 0.3 is 0 Å². The van der Waals surface area contributed by atoms with Gasteiger partial charge in [-0.25, -0.2) is 14.7 Å². The highest BCUT2D eigenvalue weighted by molar-refractivity contribution is 5.38. The van der Waals surface area contributed by atoms with Crippen molar-refractivity contribution in [2.45, 2.75) is 45.3 Å². The van der Waals surface area contributed by atoms with Crippen molar-refractivity contribution in [2.75, 3.05) is 40.0 Å². The molecule has 0 spiro atoms. The van der Waals surface area contributed by atoms with Crippen LogP contribution in [-0.4, -0.2) is 65.3 Å². The zero-order chi connectivity index (χ0) is 16.3. The lowest BCUT2D eigenvalue weighted by atomic mass is 9.85. The zero-order valence-electron chi connectivity index (χ0n) is 14.9. The van der Waals surface area contributed by atoms with Crippen molar-refractivity contribution in [3.8, 4) is 5.75 Å². The first-order chi connectivity index (χ1) is 11.6. The van der Waals surface area contributed by atoms with Crippen molar-refractivity contribution >= 4 is 0 Å². The third-order valence-corrected chi connectivity index (χ3v) is 6.08. The second-order valence-corrected chi connectivity index (χ2v) is 8.51. The van der Waals surface area contributed by atoms with Crippen LogP contribution >= 0.6 is 0 Å². The largest absolute Gasteiger partial charge is 0.491 e. The number of ether oxygens (including phenoxy) is 1. The van der Waals surface area contributed by atoms with E-state index in [1.54, 1.807) is 5.56 Å². The lowest BCUT2D eigenvalue weighted by Gasteiger charge is -2.63. The summed E-state index contributed by atoms with van der Waals surface area (Å²) in [6.07, 6.45) is 4.09. The summed E-state index contributed by atoms with van der Waals surface area (Å²) in [6, 6.07) is 7.53. The van der Waals surface area contributed by atoms with Crippen LogP contribution in [0.3, 0.4) is 0 Å². The Labute approximate surface area is 145 Å². The zero-order valence-corrected chi connectivity index (χ0v) is 14.9. The second kappa shape index (κ2) is 5.43. The molecule has 0 aromatic heterocycles. The van der Waals surface area contributed by atoms with Crippen LogP contribution in [0.15, 0.2) is 18.2 Å². The molecular formula is C19H29N4O+. The summed E-state index contributed by atoms with van der Waals surface area (Å²) >= 11 is 0. The summed E-state index contributed by atoms with van der Waals surface area (Å²) in [5.41, 5.74) is 3.11. The summed E-state index contributed by atoms with van der Waals surface area (Å²) in [5, 5.41) is 0. The van der Waals surface area contributed by atoms with Crippen LogP contribution in [0.25, 0.3) is 0 Å². The lowest BCUT2D eigenvalue weighted by molar-refractivity contribution is -1.01. The van der Waals surface area contributed by atoms with E-state index in [9.17, 15) is 0 Å². The Kier molecular flexibility index (Phi) is 3.42. The Morgan fingerprint density at radius 3 is 2.33 bits per heavy atom. The van der Waals surface area contributed by atoms with E-state index in [1.807, 2.05) is 0 Å². The lowest BCUT2D eigenvalue weighted by Crippen LogP contribution is -2.79. The van der Waals surface area contributed by atoms with E-state index < -0.39 is 0 Å². The summed E-state index contributed by atoms with van der Waals surface area (Å²) in [5.74, 6) is 1.04. The monoisotopic (exact) mass is 329 g/mol. The minimum absolute atomic E-state index is 0.245. The van der Waals surface area contributed by atoms with Gasteiger partial charge in [0.1, 0.15) is 31.8 Å². The smallest absolute Gasteiger partial charge is 0.139 e. The molecule has 1 aromatic rings. The van der Waals surface area contributed by atoms with Gasteiger partial charge in [0.2, 0.25) is 0 Å². The SMILES string of the molecule is CC(C)Oc1ccc2c(c1)CCCC2[N+]12CN3CN(CN(C3)C1)C2. The van der Waals surface area contributed by atoms with Gasteiger partial charge in [-0.15, -0.1) is 0 Å². The van der Waals surface area contributed by atoms with Crippen LogP contribution in [0.4, 0.5) is 0 Å². The Morgan fingerprint density at radius 1 is 1.04 bits per heavy atom. The molecule has 0 amide bonds. The predicted octanol–water partition coefficient (Wildman–Crippen LogP) is 2.36. The molecular weight excluding hydrogens is 300 g/mol. The summed E-state index contributed by atoms with van der Waals surface area (Å²) < 4.78 is 7.15. The van der Waals surface area contributed by atoms with E-state index in [0.29, 0.717) is 6.04 Å². The van der Waals surface area contributed by atoms with E-state index in [2.05, 4.69) is 46.7 Å². The fourth-order valence-corrected chi connectivity index (χ4v) is 5.56. The normalized spacial score (nSPS) is 40.0. The number of fused-ring (bicyclic) bond motifs is 1. The molecule has 0 radical (unpaired) electrons. The van der Waals surface area contributed by atoms with Crippen LogP contribution < -0.4 is 4.74 Å². The van der Waals surface area contributed by atoms with Crippen molar-refractivity contribution in [2.24, 2.45) is 0 Å². The number of nitrogens with zero attached hydrogens (tertiary/aromatic N) is 4. The third kappa shape index (κ3) is 2.37. The van der Waals surface area contributed by atoms with Gasteiger partial charge in [-0.3, -0.25) is 4.48 Å². The quantitative estimate of drug-likeness (QED) is 0.793. The Morgan fingerprint density at radius 2 is 1.71 bits per heavy atom. The molecule has 1 aliphatic carbocycles. The first-order valence-electron chi connectivity index (χ1n) is 9.44. The second-order valence-electron chi connectivity index (χ2n) is 8.51. The van der Waals surface area contributed by atoms with Gasteiger partial charge in [0.05, 0.1) is 26.1 Å². The molecule has 4 aliphatic heterocycles. The highest BCUT2D eigenvalue weighted by atomic mass is 16.5. The molecule has 6 rings (SSSR count). The molecule has 5 aliphatic rings. The minimum Gasteiger partial charge on any atom is -0.491 e. The molecule has 130 valence electrons. The van der Waals surface area contributed by atoms with E-state index in [0.717, 1.165) is 25.8 Å². The molecule has 4 saturated heterocycles. The molecule has 1 atom stereocenters. The van der Waals surface area contributed by atoms with Crippen molar-refractivity contribution in [1.82, 2.24) is 14.7 Å². The van der Waals surface area contributed by atoms with Gasteiger partial charge < -0.3 is 4.74 Å². The van der Waals surface area contributed by atoms with Crippen molar-refractivity contribution in [3.05, 3.63) is 29.3 Å². The fraction of sp³-hybridized carbons (Fsp3) is 0.684. The molecule has 4 fully saturated rings. The van der Waals surface area contributed by atoms with Crippen LogP contribution in [0.2, 0.25) is 0 Å². The first-order valence-corrected chi connectivity index (χ1v) is 9.44. The summed E-state index contributed by atoms with van der Waals surface area (Å²) in [4.78, 5) is 7.88. The highest BCUT2D eigenvalue weighted by Gasteiger charge is 2.53. The van der Waals surface area contributed by atoms with Gasteiger partial charge in [0.25, 0.3) is 0 Å².